The summed E-state index contributed by atoms with van der Waals surface area (Å²) < 4.78 is 14.6. The first kappa shape index (κ1) is 18.8. The Labute approximate surface area is 166 Å². The molecule has 4 unspecified atom stereocenters. The lowest BCUT2D eigenvalue weighted by Gasteiger charge is -2.39. The number of rotatable bonds is 5. The standard InChI is InChI=1S/C21H24BrFN2O2/c1-11(23)13(10-26)7-19(27)12-6-15-14-4-3-5-17-20(14)16(21(22)24-17)8-18(15)25(2)9-12/h3-6,11-13,18,24,26H,7-10H2,1-2H3. The maximum Gasteiger partial charge on any atom is 0.141 e. The summed E-state index contributed by atoms with van der Waals surface area (Å²) >= 11 is 3.65. The minimum atomic E-state index is -1.19. The average Bonchev–Trinajstić information content (AvgIpc) is 2.96. The third-order valence-corrected chi connectivity index (χ3v) is 6.78. The molecule has 0 spiro atoms. The Morgan fingerprint density at radius 3 is 2.96 bits per heavy atom. The molecule has 1 aromatic carbocycles. The molecule has 0 fully saturated rings. The van der Waals surface area contributed by atoms with Gasteiger partial charge in [0.2, 0.25) is 0 Å². The summed E-state index contributed by atoms with van der Waals surface area (Å²) in [4.78, 5) is 18.4. The Hall–Kier alpha value is -1.50. The van der Waals surface area contributed by atoms with E-state index >= 15 is 0 Å². The number of carbonyl (C=O) groups is 1. The molecule has 0 amide bonds. The van der Waals surface area contributed by atoms with Crippen molar-refractivity contribution in [3.63, 3.8) is 0 Å². The number of aromatic amines is 1. The number of carbonyl (C=O) groups excluding carboxylic acids is 1. The van der Waals surface area contributed by atoms with E-state index in [4.69, 9.17) is 0 Å². The van der Waals surface area contributed by atoms with E-state index < -0.39 is 12.1 Å². The van der Waals surface area contributed by atoms with E-state index in [0.717, 1.165) is 16.5 Å². The van der Waals surface area contributed by atoms with Crippen LogP contribution in [0.4, 0.5) is 4.39 Å². The molecule has 0 bridgehead atoms. The topological polar surface area (TPSA) is 56.3 Å². The van der Waals surface area contributed by atoms with Gasteiger partial charge in [0.25, 0.3) is 0 Å². The summed E-state index contributed by atoms with van der Waals surface area (Å²) in [5.74, 6) is -0.890. The van der Waals surface area contributed by atoms with Crippen LogP contribution in [-0.2, 0) is 11.2 Å². The lowest BCUT2D eigenvalue weighted by Crippen LogP contribution is -2.44. The lowest BCUT2D eigenvalue weighted by molar-refractivity contribution is -0.124. The summed E-state index contributed by atoms with van der Waals surface area (Å²) in [7, 11) is 2.05. The minimum absolute atomic E-state index is 0.00423. The van der Waals surface area contributed by atoms with Crippen molar-refractivity contribution in [2.45, 2.75) is 32.0 Å². The summed E-state index contributed by atoms with van der Waals surface area (Å²) in [5.41, 5.74) is 4.73. The Morgan fingerprint density at radius 1 is 1.48 bits per heavy atom. The zero-order valence-electron chi connectivity index (χ0n) is 15.5. The number of Topliss-reactive ketones (excluding diaryl/α,β-unsaturated/α-hetero) is 1. The van der Waals surface area contributed by atoms with Crippen molar-refractivity contribution in [1.29, 1.82) is 0 Å². The number of nitrogens with one attached hydrogen (secondary N) is 1. The van der Waals surface area contributed by atoms with E-state index in [9.17, 15) is 14.3 Å². The van der Waals surface area contributed by atoms with Gasteiger partial charge in [-0.15, -0.1) is 0 Å². The molecule has 27 heavy (non-hydrogen) atoms. The van der Waals surface area contributed by atoms with Crippen molar-refractivity contribution in [1.82, 2.24) is 9.88 Å². The monoisotopic (exact) mass is 434 g/mol. The smallest absolute Gasteiger partial charge is 0.141 e. The zero-order valence-corrected chi connectivity index (χ0v) is 17.1. The number of nitrogens with zero attached hydrogens (tertiary/aromatic N) is 1. The van der Waals surface area contributed by atoms with Crippen LogP contribution in [0, 0.1) is 11.8 Å². The first-order valence-corrected chi connectivity index (χ1v) is 10.2. The van der Waals surface area contributed by atoms with Gasteiger partial charge in [-0.2, -0.15) is 0 Å². The van der Waals surface area contributed by atoms with E-state index in [1.807, 2.05) is 13.1 Å². The van der Waals surface area contributed by atoms with Gasteiger partial charge in [0.05, 0.1) is 4.60 Å². The molecule has 1 aromatic heterocycles. The molecule has 2 aromatic rings. The van der Waals surface area contributed by atoms with E-state index in [-0.39, 0.29) is 30.8 Å². The predicted molar refractivity (Wildman–Crippen MR) is 108 cm³/mol. The van der Waals surface area contributed by atoms with Crippen LogP contribution in [0.1, 0.15) is 24.5 Å². The summed E-state index contributed by atoms with van der Waals surface area (Å²) in [6.45, 7) is 1.73. The molecule has 2 heterocycles. The quantitative estimate of drug-likeness (QED) is 0.753. The number of hydrogen-bond acceptors (Lipinski definition) is 3. The molecule has 0 saturated heterocycles. The number of aliphatic hydroxyl groups is 1. The van der Waals surface area contributed by atoms with Gasteiger partial charge in [0.1, 0.15) is 12.0 Å². The second-order valence-corrected chi connectivity index (χ2v) is 8.62. The van der Waals surface area contributed by atoms with Crippen LogP contribution in [0.5, 0.6) is 0 Å². The Morgan fingerprint density at radius 2 is 2.26 bits per heavy atom. The number of alkyl halides is 1. The molecule has 2 aliphatic rings. The summed E-state index contributed by atoms with van der Waals surface area (Å²) in [6, 6.07) is 6.45. The highest BCUT2D eigenvalue weighted by atomic mass is 79.9. The van der Waals surface area contributed by atoms with Gasteiger partial charge in [-0.3, -0.25) is 9.69 Å². The van der Waals surface area contributed by atoms with Crippen molar-refractivity contribution in [3.8, 4) is 0 Å². The number of halogens is 2. The molecular formula is C21H24BrFN2O2. The highest BCUT2D eigenvalue weighted by Gasteiger charge is 2.37. The second kappa shape index (κ2) is 7.15. The number of H-pyrrole nitrogens is 1. The molecule has 0 saturated carbocycles. The van der Waals surface area contributed by atoms with Crippen molar-refractivity contribution in [2.24, 2.45) is 11.8 Å². The first-order chi connectivity index (χ1) is 12.9. The molecule has 1 aliphatic heterocycles. The number of likely N-dealkylation sites (N-methyl/N-ethyl adjacent to an activating group) is 1. The van der Waals surface area contributed by atoms with Crippen LogP contribution in [0.25, 0.3) is 16.5 Å². The molecule has 4 rings (SSSR count). The second-order valence-electron chi connectivity index (χ2n) is 7.82. The first-order valence-electron chi connectivity index (χ1n) is 9.39. The molecule has 4 atom stereocenters. The average molecular weight is 435 g/mol. The number of fused-ring (bicyclic) bond motifs is 2. The number of benzene rings is 1. The van der Waals surface area contributed by atoms with E-state index in [1.54, 1.807) is 0 Å². The summed E-state index contributed by atoms with van der Waals surface area (Å²) in [6.07, 6.45) is 1.86. The maximum atomic E-state index is 13.6. The minimum Gasteiger partial charge on any atom is -0.396 e. The van der Waals surface area contributed by atoms with E-state index in [0.29, 0.717) is 6.54 Å². The fourth-order valence-electron chi connectivity index (χ4n) is 4.48. The SMILES string of the molecule is CC(F)C(CO)CC(=O)C1C=C2c3cccc4[nH]c(Br)c(c34)CC2N(C)C1. The molecular weight excluding hydrogens is 411 g/mol. The molecule has 1 aliphatic carbocycles. The van der Waals surface area contributed by atoms with Crippen molar-refractivity contribution < 1.29 is 14.3 Å². The van der Waals surface area contributed by atoms with Gasteiger partial charge in [-0.25, -0.2) is 4.39 Å². The number of ketones is 1. The number of aromatic nitrogens is 1. The van der Waals surface area contributed by atoms with Crippen LogP contribution in [0.2, 0.25) is 0 Å². The number of hydrogen-bond donors (Lipinski definition) is 2. The fourth-order valence-corrected chi connectivity index (χ4v) is 5.05. The van der Waals surface area contributed by atoms with Gasteiger partial charge in [-0.1, -0.05) is 18.2 Å². The van der Waals surface area contributed by atoms with Crippen LogP contribution < -0.4 is 0 Å². The highest BCUT2D eigenvalue weighted by molar-refractivity contribution is 9.10. The zero-order chi connectivity index (χ0) is 19.3. The maximum absolute atomic E-state index is 13.6. The molecule has 144 valence electrons. The fraction of sp³-hybridized carbons (Fsp3) is 0.476. The lowest BCUT2D eigenvalue weighted by atomic mass is 9.78. The predicted octanol–water partition coefficient (Wildman–Crippen LogP) is 3.73. The van der Waals surface area contributed by atoms with Gasteiger partial charge >= 0.3 is 0 Å². The normalized spacial score (nSPS) is 24.4. The van der Waals surface area contributed by atoms with E-state index in [1.165, 1.54) is 29.0 Å². The van der Waals surface area contributed by atoms with Gasteiger partial charge in [0, 0.05) is 48.4 Å². The van der Waals surface area contributed by atoms with Gasteiger partial charge in [0.15, 0.2) is 0 Å². The Bertz CT molecular complexity index is 920. The van der Waals surface area contributed by atoms with Gasteiger partial charge < -0.3 is 10.1 Å². The Balaban J connectivity index is 1.72. The number of aliphatic hydroxyl groups excluding tert-OH is 1. The third kappa shape index (κ3) is 3.18. The van der Waals surface area contributed by atoms with Crippen LogP contribution in [0.3, 0.4) is 0 Å². The van der Waals surface area contributed by atoms with Crippen molar-refractivity contribution in [3.05, 3.63) is 40.0 Å². The third-order valence-electron chi connectivity index (χ3n) is 6.10. The molecule has 0 radical (unpaired) electrons. The molecule has 2 N–H and O–H groups in total. The summed E-state index contributed by atoms with van der Waals surface area (Å²) in [5, 5.41) is 10.6. The largest absolute Gasteiger partial charge is 0.396 e. The Kier molecular flexibility index (Phi) is 4.99. The van der Waals surface area contributed by atoms with Crippen molar-refractivity contribution >= 4 is 38.2 Å². The molecule has 6 heteroatoms. The van der Waals surface area contributed by atoms with E-state index in [2.05, 4.69) is 44.0 Å². The van der Waals surface area contributed by atoms with Crippen LogP contribution >= 0.6 is 15.9 Å². The molecule has 4 nitrogen and oxygen atoms in total. The van der Waals surface area contributed by atoms with Crippen molar-refractivity contribution in [2.75, 3.05) is 20.2 Å². The van der Waals surface area contributed by atoms with Gasteiger partial charge in [-0.05, 0) is 59.1 Å². The van der Waals surface area contributed by atoms with Crippen LogP contribution in [-0.4, -0.2) is 53.2 Å². The highest BCUT2D eigenvalue weighted by Crippen LogP contribution is 2.43. The van der Waals surface area contributed by atoms with Crippen LogP contribution in [0.15, 0.2) is 28.9 Å².